The first-order valence-corrected chi connectivity index (χ1v) is 9.56. The fourth-order valence-corrected chi connectivity index (χ4v) is 4.54. The second-order valence-corrected chi connectivity index (χ2v) is 7.48. The topological polar surface area (TPSA) is 45.2 Å². The molecule has 0 saturated carbocycles. The monoisotopic (exact) mass is 351 g/mol. The van der Waals surface area contributed by atoms with Crippen LogP contribution in [0.2, 0.25) is 0 Å². The van der Waals surface area contributed by atoms with Crippen LogP contribution < -0.4 is 5.32 Å². The first-order chi connectivity index (χ1) is 12.3. The maximum absolute atomic E-state index is 12.5. The lowest BCUT2D eigenvalue weighted by Crippen LogP contribution is -2.39. The van der Waals surface area contributed by atoms with Crippen LogP contribution in [0.3, 0.4) is 0 Å². The van der Waals surface area contributed by atoms with Gasteiger partial charge in [0, 0.05) is 5.69 Å². The van der Waals surface area contributed by atoms with Crippen molar-refractivity contribution in [3.63, 3.8) is 0 Å². The molecule has 0 bridgehead atoms. The Morgan fingerprint density at radius 2 is 1.92 bits per heavy atom. The molecule has 1 N–H and O–H groups in total. The molecule has 1 aliphatic heterocycles. The second-order valence-electron chi connectivity index (χ2n) is 6.42. The minimum Gasteiger partial charge on any atom is -0.325 e. The number of para-hydroxylation sites is 2. The fourth-order valence-electron chi connectivity index (χ4n) is 3.40. The molecule has 1 fully saturated rings. The number of hydrogen-bond acceptors (Lipinski definition) is 4. The normalized spacial score (nSPS) is 18.3. The molecule has 5 heteroatoms. The number of carbonyl (C=O) groups excluding carboxylic acids is 1. The van der Waals surface area contributed by atoms with Gasteiger partial charge in [-0.1, -0.05) is 36.8 Å². The Hall–Kier alpha value is -2.24. The Labute approximate surface area is 151 Å². The standard InChI is InChI=1S/C20H21N3OS/c24-19(21-15-8-2-1-3-9-15)14-23-13-7-6-11-17(23)20-22-16-10-4-5-12-18(16)25-20/h1-5,8-10,12,17H,6-7,11,13-14H2,(H,21,24)/t17-/m1/s1. The number of piperidine rings is 1. The maximum Gasteiger partial charge on any atom is 0.238 e. The second kappa shape index (κ2) is 7.33. The SMILES string of the molecule is O=C(CN1CCCC[C@@H]1c1nc2ccccc2s1)Nc1ccccc1. The lowest BCUT2D eigenvalue weighted by atomic mass is 10.0. The molecule has 0 unspecified atom stereocenters. The Morgan fingerprint density at radius 3 is 2.76 bits per heavy atom. The van der Waals surface area contributed by atoms with Crippen molar-refractivity contribution in [2.45, 2.75) is 25.3 Å². The van der Waals surface area contributed by atoms with Crippen LogP contribution in [0.1, 0.15) is 30.3 Å². The molecule has 4 nitrogen and oxygen atoms in total. The van der Waals surface area contributed by atoms with E-state index in [9.17, 15) is 4.79 Å². The molecule has 0 spiro atoms. The highest BCUT2D eigenvalue weighted by atomic mass is 32.1. The van der Waals surface area contributed by atoms with Crippen molar-refractivity contribution >= 4 is 33.1 Å². The summed E-state index contributed by atoms with van der Waals surface area (Å²) < 4.78 is 1.22. The quantitative estimate of drug-likeness (QED) is 0.755. The van der Waals surface area contributed by atoms with Gasteiger partial charge in [0.2, 0.25) is 5.91 Å². The van der Waals surface area contributed by atoms with Crippen molar-refractivity contribution in [1.29, 1.82) is 0 Å². The number of hydrogen-bond donors (Lipinski definition) is 1. The van der Waals surface area contributed by atoms with Crippen molar-refractivity contribution in [2.24, 2.45) is 0 Å². The van der Waals surface area contributed by atoms with Crippen molar-refractivity contribution in [3.05, 3.63) is 59.6 Å². The van der Waals surface area contributed by atoms with E-state index in [0.717, 1.165) is 35.6 Å². The van der Waals surface area contributed by atoms with E-state index in [1.807, 2.05) is 36.4 Å². The fraction of sp³-hybridized carbons (Fsp3) is 0.300. The van der Waals surface area contributed by atoms with Gasteiger partial charge < -0.3 is 5.32 Å². The molecule has 0 radical (unpaired) electrons. The van der Waals surface area contributed by atoms with Crippen molar-refractivity contribution < 1.29 is 4.79 Å². The van der Waals surface area contributed by atoms with Crippen molar-refractivity contribution in [1.82, 2.24) is 9.88 Å². The average molecular weight is 351 g/mol. The number of likely N-dealkylation sites (tertiary alicyclic amines) is 1. The summed E-state index contributed by atoms with van der Waals surface area (Å²) >= 11 is 1.75. The van der Waals surface area contributed by atoms with Crippen LogP contribution in [0, 0.1) is 0 Å². The molecule has 4 rings (SSSR count). The van der Waals surface area contributed by atoms with Gasteiger partial charge in [0.1, 0.15) is 5.01 Å². The third-order valence-corrected chi connectivity index (χ3v) is 5.75. The number of aromatic nitrogens is 1. The zero-order chi connectivity index (χ0) is 17.1. The zero-order valence-electron chi connectivity index (χ0n) is 14.0. The maximum atomic E-state index is 12.5. The third-order valence-electron chi connectivity index (χ3n) is 4.61. The molecule has 2 heterocycles. The number of fused-ring (bicyclic) bond motifs is 1. The number of nitrogens with one attached hydrogen (secondary N) is 1. The summed E-state index contributed by atoms with van der Waals surface area (Å²) in [7, 11) is 0. The number of benzene rings is 2. The van der Waals surface area contributed by atoms with Crippen LogP contribution in [0.15, 0.2) is 54.6 Å². The number of carbonyl (C=O) groups is 1. The van der Waals surface area contributed by atoms with Gasteiger partial charge in [0.05, 0.1) is 22.8 Å². The van der Waals surface area contributed by atoms with E-state index < -0.39 is 0 Å². The highest BCUT2D eigenvalue weighted by Gasteiger charge is 2.28. The molecular weight excluding hydrogens is 330 g/mol. The summed E-state index contributed by atoms with van der Waals surface area (Å²) in [5, 5.41) is 4.12. The van der Waals surface area contributed by atoms with Crippen LogP contribution in [0.4, 0.5) is 5.69 Å². The van der Waals surface area contributed by atoms with Crippen LogP contribution in [-0.2, 0) is 4.79 Å². The smallest absolute Gasteiger partial charge is 0.238 e. The zero-order valence-corrected chi connectivity index (χ0v) is 14.8. The number of amides is 1. The number of thiazole rings is 1. The summed E-state index contributed by atoms with van der Waals surface area (Å²) in [5.41, 5.74) is 1.91. The van der Waals surface area contributed by atoms with Gasteiger partial charge in [-0.25, -0.2) is 4.98 Å². The third kappa shape index (κ3) is 3.72. The summed E-state index contributed by atoms with van der Waals surface area (Å²) in [6, 6.07) is 18.1. The van der Waals surface area contributed by atoms with Crippen LogP contribution in [0.25, 0.3) is 10.2 Å². The Bertz CT molecular complexity index is 829. The van der Waals surface area contributed by atoms with Gasteiger partial charge in [-0.05, 0) is 43.7 Å². The summed E-state index contributed by atoms with van der Waals surface area (Å²) in [5.74, 6) is 0.0409. The average Bonchev–Trinajstić information content (AvgIpc) is 3.07. The van der Waals surface area contributed by atoms with E-state index in [2.05, 4.69) is 28.4 Å². The van der Waals surface area contributed by atoms with Crippen LogP contribution in [-0.4, -0.2) is 28.9 Å². The lowest BCUT2D eigenvalue weighted by molar-refractivity contribution is -0.118. The molecule has 1 saturated heterocycles. The van der Waals surface area contributed by atoms with Gasteiger partial charge in [0.25, 0.3) is 0 Å². The minimum atomic E-state index is 0.0409. The van der Waals surface area contributed by atoms with Gasteiger partial charge in [0.15, 0.2) is 0 Å². The molecule has 1 aliphatic rings. The van der Waals surface area contributed by atoms with Crippen molar-refractivity contribution in [3.8, 4) is 0 Å². The van der Waals surface area contributed by atoms with Gasteiger partial charge in [-0.15, -0.1) is 11.3 Å². The summed E-state index contributed by atoms with van der Waals surface area (Å²) in [6.07, 6.45) is 3.40. The Kier molecular flexibility index (Phi) is 4.76. The van der Waals surface area contributed by atoms with E-state index in [-0.39, 0.29) is 11.9 Å². The Morgan fingerprint density at radius 1 is 1.12 bits per heavy atom. The van der Waals surface area contributed by atoms with E-state index in [0.29, 0.717) is 6.54 Å². The van der Waals surface area contributed by atoms with E-state index in [1.165, 1.54) is 11.1 Å². The predicted molar refractivity (Wildman–Crippen MR) is 103 cm³/mol. The molecule has 1 aromatic heterocycles. The molecule has 2 aromatic carbocycles. The van der Waals surface area contributed by atoms with Crippen LogP contribution >= 0.6 is 11.3 Å². The Balaban J connectivity index is 1.49. The molecule has 1 atom stereocenters. The summed E-state index contributed by atoms with van der Waals surface area (Å²) in [4.78, 5) is 19.6. The molecule has 1 amide bonds. The number of rotatable bonds is 4. The summed E-state index contributed by atoms with van der Waals surface area (Å²) in [6.45, 7) is 1.36. The minimum absolute atomic E-state index is 0.0409. The molecule has 25 heavy (non-hydrogen) atoms. The largest absolute Gasteiger partial charge is 0.325 e. The molecule has 0 aliphatic carbocycles. The predicted octanol–water partition coefficient (Wildman–Crippen LogP) is 4.46. The van der Waals surface area contributed by atoms with Gasteiger partial charge >= 0.3 is 0 Å². The number of nitrogens with zero attached hydrogens (tertiary/aromatic N) is 2. The van der Waals surface area contributed by atoms with Gasteiger partial charge in [-0.2, -0.15) is 0 Å². The van der Waals surface area contributed by atoms with E-state index in [1.54, 1.807) is 11.3 Å². The first kappa shape index (κ1) is 16.2. The van der Waals surface area contributed by atoms with Crippen molar-refractivity contribution in [2.75, 3.05) is 18.4 Å². The molecular formula is C20H21N3OS. The lowest BCUT2D eigenvalue weighted by Gasteiger charge is -2.33. The van der Waals surface area contributed by atoms with E-state index >= 15 is 0 Å². The highest BCUT2D eigenvalue weighted by Crippen LogP contribution is 2.35. The highest BCUT2D eigenvalue weighted by molar-refractivity contribution is 7.18. The first-order valence-electron chi connectivity index (χ1n) is 8.74. The van der Waals surface area contributed by atoms with E-state index in [4.69, 9.17) is 4.98 Å². The molecule has 128 valence electrons. The molecule has 3 aromatic rings. The van der Waals surface area contributed by atoms with Gasteiger partial charge in [-0.3, -0.25) is 9.69 Å². The van der Waals surface area contributed by atoms with Crippen LogP contribution in [0.5, 0.6) is 0 Å². The number of anilines is 1.